The van der Waals surface area contributed by atoms with Crippen LogP contribution < -0.4 is 0 Å². The maximum absolute atomic E-state index is 11.6. The summed E-state index contributed by atoms with van der Waals surface area (Å²) in [4.78, 5) is 26.8. The number of carboxylic acid groups (broad SMARTS) is 2. The van der Waals surface area contributed by atoms with Crippen molar-refractivity contribution in [3.8, 4) is 0 Å². The van der Waals surface area contributed by atoms with Crippen LogP contribution in [0.5, 0.6) is 0 Å². The molecule has 0 aromatic heterocycles. The summed E-state index contributed by atoms with van der Waals surface area (Å²) >= 11 is 0. The number of aliphatic imine (C=N–C) groups is 1. The molecule has 0 heterocycles. The lowest BCUT2D eigenvalue weighted by atomic mass is 10.0. The summed E-state index contributed by atoms with van der Waals surface area (Å²) < 4.78 is 0. The van der Waals surface area contributed by atoms with Crippen LogP contribution >= 0.6 is 0 Å². The Morgan fingerprint density at radius 2 is 1.33 bits per heavy atom. The lowest BCUT2D eigenvalue weighted by molar-refractivity contribution is -0.136. The van der Waals surface area contributed by atoms with Gasteiger partial charge in [-0.05, 0) is 12.5 Å². The van der Waals surface area contributed by atoms with Crippen LogP contribution in [0.1, 0.15) is 24.5 Å². The van der Waals surface area contributed by atoms with E-state index in [-0.39, 0.29) is 17.7 Å². The van der Waals surface area contributed by atoms with Gasteiger partial charge in [-0.2, -0.15) is 0 Å². The van der Waals surface area contributed by atoms with Gasteiger partial charge in [0.15, 0.2) is 0 Å². The van der Waals surface area contributed by atoms with Gasteiger partial charge < -0.3 is 10.2 Å². The molecule has 0 amide bonds. The molecule has 0 aliphatic heterocycles. The zero-order valence-corrected chi connectivity index (χ0v) is 13.1. The highest BCUT2D eigenvalue weighted by molar-refractivity contribution is 6.14. The van der Waals surface area contributed by atoms with Gasteiger partial charge in [-0.1, -0.05) is 60.7 Å². The first kappa shape index (κ1) is 17.1. The Balaban J connectivity index is 2.63. The van der Waals surface area contributed by atoms with E-state index >= 15 is 0 Å². The predicted molar refractivity (Wildman–Crippen MR) is 91.1 cm³/mol. The quantitative estimate of drug-likeness (QED) is 0.630. The SMILES string of the molecule is CC(CC(=O)O)=C(N=C(c1ccccc1)c1ccccc1)C(=O)O. The van der Waals surface area contributed by atoms with Gasteiger partial charge in [0.25, 0.3) is 0 Å². The molecule has 2 rings (SSSR count). The lowest BCUT2D eigenvalue weighted by Crippen LogP contribution is -2.10. The molecular formula is C19H17NO4. The number of carbonyl (C=O) groups is 2. The molecule has 122 valence electrons. The van der Waals surface area contributed by atoms with Crippen LogP contribution in [0.25, 0.3) is 0 Å². The monoisotopic (exact) mass is 323 g/mol. The highest BCUT2D eigenvalue weighted by atomic mass is 16.4. The van der Waals surface area contributed by atoms with Crippen molar-refractivity contribution in [2.24, 2.45) is 4.99 Å². The molecule has 2 aromatic rings. The fraction of sp³-hybridized carbons (Fsp3) is 0.105. The van der Waals surface area contributed by atoms with Crippen LogP contribution in [0.2, 0.25) is 0 Å². The molecule has 0 saturated carbocycles. The molecule has 2 N–H and O–H groups in total. The van der Waals surface area contributed by atoms with Crippen LogP contribution in [0.3, 0.4) is 0 Å². The summed E-state index contributed by atoms with van der Waals surface area (Å²) in [5, 5.41) is 18.3. The van der Waals surface area contributed by atoms with Gasteiger partial charge in [0.1, 0.15) is 5.70 Å². The molecule has 0 radical (unpaired) electrons. The molecule has 0 fully saturated rings. The van der Waals surface area contributed by atoms with Crippen LogP contribution in [0.4, 0.5) is 0 Å². The Hall–Kier alpha value is -3.21. The van der Waals surface area contributed by atoms with E-state index in [9.17, 15) is 14.7 Å². The number of rotatable bonds is 6. The van der Waals surface area contributed by atoms with Gasteiger partial charge in [-0.3, -0.25) is 4.79 Å². The molecule has 0 spiro atoms. The number of carboxylic acids is 2. The predicted octanol–water partition coefficient (Wildman–Crippen LogP) is 3.36. The highest BCUT2D eigenvalue weighted by Gasteiger charge is 2.16. The average Bonchev–Trinajstić information content (AvgIpc) is 2.56. The minimum Gasteiger partial charge on any atom is -0.481 e. The Labute approximate surface area is 139 Å². The standard InChI is InChI=1S/C19H17NO4/c1-13(12-16(21)22)17(19(23)24)20-18(14-8-4-2-5-9-14)15-10-6-3-7-11-15/h2-11H,12H2,1H3,(H,21,22)(H,23,24). The summed E-state index contributed by atoms with van der Waals surface area (Å²) in [6, 6.07) is 18.4. The van der Waals surface area contributed by atoms with E-state index in [1.165, 1.54) is 6.92 Å². The minimum atomic E-state index is -1.25. The molecule has 2 aromatic carbocycles. The van der Waals surface area contributed by atoms with Crippen molar-refractivity contribution < 1.29 is 19.8 Å². The topological polar surface area (TPSA) is 87.0 Å². The number of benzene rings is 2. The molecular weight excluding hydrogens is 306 g/mol. The minimum absolute atomic E-state index is 0.194. The second-order valence-corrected chi connectivity index (χ2v) is 5.20. The Bertz CT molecular complexity index is 751. The molecule has 0 aliphatic carbocycles. The first-order valence-corrected chi connectivity index (χ1v) is 7.33. The van der Waals surface area contributed by atoms with Crippen molar-refractivity contribution >= 4 is 17.7 Å². The number of nitrogens with zero attached hydrogens (tertiary/aromatic N) is 1. The molecule has 0 unspecified atom stereocenters. The zero-order chi connectivity index (χ0) is 17.5. The average molecular weight is 323 g/mol. The third-order valence-corrected chi connectivity index (χ3v) is 3.34. The molecule has 24 heavy (non-hydrogen) atoms. The van der Waals surface area contributed by atoms with E-state index in [1.54, 1.807) is 0 Å². The fourth-order valence-electron chi connectivity index (χ4n) is 2.24. The molecule has 0 bridgehead atoms. The maximum Gasteiger partial charge on any atom is 0.354 e. The normalized spacial score (nSPS) is 11.4. The second-order valence-electron chi connectivity index (χ2n) is 5.20. The van der Waals surface area contributed by atoms with Crippen LogP contribution in [0.15, 0.2) is 76.9 Å². The van der Waals surface area contributed by atoms with Crippen LogP contribution in [-0.4, -0.2) is 27.9 Å². The van der Waals surface area contributed by atoms with Gasteiger partial charge >= 0.3 is 11.9 Å². The van der Waals surface area contributed by atoms with Gasteiger partial charge in [-0.15, -0.1) is 0 Å². The van der Waals surface area contributed by atoms with E-state index in [1.807, 2.05) is 60.7 Å². The summed E-state index contributed by atoms with van der Waals surface area (Å²) in [6.07, 6.45) is -0.373. The Morgan fingerprint density at radius 1 is 0.875 bits per heavy atom. The van der Waals surface area contributed by atoms with Crippen molar-refractivity contribution in [2.45, 2.75) is 13.3 Å². The summed E-state index contributed by atoms with van der Waals surface area (Å²) in [6.45, 7) is 1.47. The largest absolute Gasteiger partial charge is 0.481 e. The Morgan fingerprint density at radius 3 is 1.71 bits per heavy atom. The lowest BCUT2D eigenvalue weighted by Gasteiger charge is -2.09. The zero-order valence-electron chi connectivity index (χ0n) is 13.1. The second kappa shape index (κ2) is 7.87. The van der Waals surface area contributed by atoms with E-state index in [0.29, 0.717) is 5.71 Å². The smallest absolute Gasteiger partial charge is 0.354 e. The van der Waals surface area contributed by atoms with Crippen LogP contribution in [-0.2, 0) is 9.59 Å². The van der Waals surface area contributed by atoms with Crippen molar-refractivity contribution in [3.63, 3.8) is 0 Å². The van der Waals surface area contributed by atoms with Crippen molar-refractivity contribution in [3.05, 3.63) is 83.1 Å². The summed E-state index contributed by atoms with van der Waals surface area (Å²) in [7, 11) is 0. The van der Waals surface area contributed by atoms with E-state index < -0.39 is 11.9 Å². The van der Waals surface area contributed by atoms with E-state index in [4.69, 9.17) is 5.11 Å². The van der Waals surface area contributed by atoms with E-state index in [2.05, 4.69) is 4.99 Å². The maximum atomic E-state index is 11.6. The molecule has 5 nitrogen and oxygen atoms in total. The van der Waals surface area contributed by atoms with Gasteiger partial charge in [0.2, 0.25) is 0 Å². The fourth-order valence-corrected chi connectivity index (χ4v) is 2.24. The third kappa shape index (κ3) is 4.39. The van der Waals surface area contributed by atoms with Gasteiger partial charge in [0, 0.05) is 11.1 Å². The van der Waals surface area contributed by atoms with E-state index in [0.717, 1.165) is 11.1 Å². The Kier molecular flexibility index (Phi) is 5.63. The molecule has 5 heteroatoms. The van der Waals surface area contributed by atoms with Gasteiger partial charge in [0.05, 0.1) is 12.1 Å². The first-order chi connectivity index (χ1) is 11.5. The molecule has 0 atom stereocenters. The van der Waals surface area contributed by atoms with Crippen LogP contribution in [0, 0.1) is 0 Å². The summed E-state index contributed by atoms with van der Waals surface area (Å²) in [5.41, 5.74) is 1.94. The molecule has 0 aliphatic rings. The molecule has 0 saturated heterocycles. The van der Waals surface area contributed by atoms with Gasteiger partial charge in [-0.25, -0.2) is 9.79 Å². The number of hydrogen-bond donors (Lipinski definition) is 2. The third-order valence-electron chi connectivity index (χ3n) is 3.34. The first-order valence-electron chi connectivity index (χ1n) is 7.33. The van der Waals surface area contributed by atoms with Crippen molar-refractivity contribution in [1.82, 2.24) is 0 Å². The highest BCUT2D eigenvalue weighted by Crippen LogP contribution is 2.17. The van der Waals surface area contributed by atoms with Crippen molar-refractivity contribution in [2.75, 3.05) is 0 Å². The summed E-state index contributed by atoms with van der Waals surface area (Å²) in [5.74, 6) is -2.35. The number of aliphatic carboxylic acids is 2. The number of hydrogen-bond acceptors (Lipinski definition) is 3. The van der Waals surface area contributed by atoms with Crippen molar-refractivity contribution in [1.29, 1.82) is 0 Å².